The van der Waals surface area contributed by atoms with Crippen molar-refractivity contribution in [3.63, 3.8) is 0 Å². The van der Waals surface area contributed by atoms with Crippen LogP contribution >= 0.6 is 11.8 Å². The molecule has 0 fully saturated rings. The Bertz CT molecular complexity index is 1060. The highest BCUT2D eigenvalue weighted by Gasteiger charge is 2.22. The van der Waals surface area contributed by atoms with E-state index in [4.69, 9.17) is 4.74 Å². The van der Waals surface area contributed by atoms with Crippen LogP contribution < -0.4 is 0 Å². The summed E-state index contributed by atoms with van der Waals surface area (Å²) in [4.78, 5) is 33.8. The molecule has 1 aromatic carbocycles. The molecule has 0 bridgehead atoms. The van der Waals surface area contributed by atoms with Crippen molar-refractivity contribution in [2.24, 2.45) is 0 Å². The number of aryl methyl sites for hydroxylation is 3. The summed E-state index contributed by atoms with van der Waals surface area (Å²) in [5.41, 5.74) is 3.89. The number of fused-ring (bicyclic) bond motifs is 1. The number of hydrogen-bond acceptors (Lipinski definition) is 7. The molecule has 29 heavy (non-hydrogen) atoms. The van der Waals surface area contributed by atoms with Crippen LogP contribution in [0, 0.1) is 13.8 Å². The molecule has 152 valence electrons. The summed E-state index contributed by atoms with van der Waals surface area (Å²) in [7, 11) is 0. The zero-order valence-corrected chi connectivity index (χ0v) is 18.0. The lowest BCUT2D eigenvalue weighted by atomic mass is 10.0. The first-order chi connectivity index (χ1) is 13.8. The lowest BCUT2D eigenvalue weighted by molar-refractivity contribution is -0.145. The number of ether oxygens (including phenoxy) is 1. The molecule has 0 amide bonds. The zero-order chi connectivity index (χ0) is 21.1. The smallest absolute Gasteiger partial charge is 0.311 e. The van der Waals surface area contributed by atoms with Gasteiger partial charge in [-0.15, -0.1) is 5.10 Å². The van der Waals surface area contributed by atoms with Crippen molar-refractivity contribution in [2.45, 2.75) is 51.8 Å². The maximum atomic E-state index is 12.6. The molecule has 0 N–H and O–H groups in total. The SMILES string of the molecule is CCc1ccc(C(=O)[C@H](C)OC(=O)Cc2c(C)nc3nc(SC)nn3c2C)cc1. The van der Waals surface area contributed by atoms with E-state index in [1.165, 1.54) is 11.8 Å². The molecule has 0 saturated carbocycles. The van der Waals surface area contributed by atoms with Gasteiger partial charge < -0.3 is 4.74 Å². The number of carbonyl (C=O) groups is 2. The first-order valence-corrected chi connectivity index (χ1v) is 10.7. The number of hydrogen-bond donors (Lipinski definition) is 0. The van der Waals surface area contributed by atoms with E-state index >= 15 is 0 Å². The highest BCUT2D eigenvalue weighted by atomic mass is 32.2. The second kappa shape index (κ2) is 8.73. The van der Waals surface area contributed by atoms with Crippen molar-refractivity contribution in [2.75, 3.05) is 6.26 Å². The molecule has 2 aromatic heterocycles. The minimum Gasteiger partial charge on any atom is -0.454 e. The molecular weight excluding hydrogens is 388 g/mol. The predicted octanol–water partition coefficient (Wildman–Crippen LogP) is 3.38. The molecule has 3 aromatic rings. The average molecular weight is 413 g/mol. The minimum absolute atomic E-state index is 0.0153. The summed E-state index contributed by atoms with van der Waals surface area (Å²) in [5, 5.41) is 5.00. The molecule has 0 aliphatic carbocycles. The maximum absolute atomic E-state index is 12.6. The van der Waals surface area contributed by atoms with Crippen LogP contribution in [0.4, 0.5) is 0 Å². The average Bonchev–Trinajstić information content (AvgIpc) is 3.13. The summed E-state index contributed by atoms with van der Waals surface area (Å²) in [5.74, 6) is -0.196. The first-order valence-electron chi connectivity index (χ1n) is 9.43. The number of carbonyl (C=O) groups excluding carboxylic acids is 2. The molecule has 0 aliphatic heterocycles. The Kier molecular flexibility index (Phi) is 6.32. The summed E-state index contributed by atoms with van der Waals surface area (Å²) < 4.78 is 7.04. The van der Waals surface area contributed by atoms with Crippen LogP contribution in [0.15, 0.2) is 29.4 Å². The Labute approximate surface area is 173 Å². The van der Waals surface area contributed by atoms with E-state index in [0.717, 1.165) is 23.2 Å². The van der Waals surface area contributed by atoms with Crippen LogP contribution in [0.25, 0.3) is 5.78 Å². The number of nitrogens with zero attached hydrogens (tertiary/aromatic N) is 4. The van der Waals surface area contributed by atoms with Gasteiger partial charge >= 0.3 is 5.97 Å². The number of thioether (sulfide) groups is 1. The molecule has 0 unspecified atom stereocenters. The van der Waals surface area contributed by atoms with Gasteiger partial charge in [0, 0.05) is 22.5 Å². The second-order valence-electron chi connectivity index (χ2n) is 6.80. The van der Waals surface area contributed by atoms with Gasteiger partial charge in [-0.3, -0.25) is 9.59 Å². The van der Waals surface area contributed by atoms with E-state index in [2.05, 4.69) is 22.0 Å². The summed E-state index contributed by atoms with van der Waals surface area (Å²) >= 11 is 1.43. The molecule has 2 heterocycles. The number of Topliss-reactive ketones (excluding diaryl/α,β-unsaturated/α-hetero) is 1. The van der Waals surface area contributed by atoms with Gasteiger partial charge in [0.25, 0.3) is 5.78 Å². The zero-order valence-electron chi connectivity index (χ0n) is 17.2. The van der Waals surface area contributed by atoms with E-state index in [0.29, 0.717) is 22.2 Å². The normalized spacial score (nSPS) is 12.2. The predicted molar refractivity (Wildman–Crippen MR) is 111 cm³/mol. The van der Waals surface area contributed by atoms with Crippen molar-refractivity contribution >= 4 is 29.3 Å². The Balaban J connectivity index is 1.73. The van der Waals surface area contributed by atoms with Gasteiger partial charge in [0.15, 0.2) is 6.10 Å². The van der Waals surface area contributed by atoms with Gasteiger partial charge in [0.05, 0.1) is 6.42 Å². The summed E-state index contributed by atoms with van der Waals surface area (Å²) in [6.07, 6.45) is 1.95. The Morgan fingerprint density at radius 1 is 1.17 bits per heavy atom. The van der Waals surface area contributed by atoms with Crippen LogP contribution in [0.1, 0.15) is 46.7 Å². The molecule has 0 saturated heterocycles. The third kappa shape index (κ3) is 4.48. The van der Waals surface area contributed by atoms with Crippen molar-refractivity contribution < 1.29 is 14.3 Å². The van der Waals surface area contributed by atoms with Gasteiger partial charge in [0.2, 0.25) is 10.9 Å². The fourth-order valence-corrected chi connectivity index (χ4v) is 3.44. The number of rotatable bonds is 7. The monoisotopic (exact) mass is 412 g/mol. The lowest BCUT2D eigenvalue weighted by Crippen LogP contribution is -2.26. The van der Waals surface area contributed by atoms with Crippen molar-refractivity contribution in [3.8, 4) is 0 Å². The standard InChI is InChI=1S/C21H24N4O3S/c1-6-15-7-9-16(10-8-15)19(27)14(4)28-18(26)11-17-12(2)22-20-23-21(29-5)24-25(20)13(17)3/h7-10,14H,6,11H2,1-5H3/t14-/m0/s1. The Morgan fingerprint density at radius 2 is 1.86 bits per heavy atom. The number of esters is 1. The minimum atomic E-state index is -0.859. The highest BCUT2D eigenvalue weighted by Crippen LogP contribution is 2.18. The molecule has 0 radical (unpaired) electrons. The Morgan fingerprint density at radius 3 is 2.48 bits per heavy atom. The molecular formula is C21H24N4O3S. The molecule has 0 spiro atoms. The van der Waals surface area contributed by atoms with E-state index in [1.54, 1.807) is 23.6 Å². The van der Waals surface area contributed by atoms with E-state index < -0.39 is 12.1 Å². The summed E-state index contributed by atoms with van der Waals surface area (Å²) in [6.45, 7) is 7.34. The fraction of sp³-hybridized carbons (Fsp3) is 0.381. The van der Waals surface area contributed by atoms with E-state index in [1.807, 2.05) is 32.2 Å². The molecule has 7 nitrogen and oxygen atoms in total. The van der Waals surface area contributed by atoms with Crippen LogP contribution in [-0.2, 0) is 22.4 Å². The second-order valence-corrected chi connectivity index (χ2v) is 7.57. The third-order valence-electron chi connectivity index (χ3n) is 4.86. The molecule has 1 atom stereocenters. The third-order valence-corrected chi connectivity index (χ3v) is 5.40. The van der Waals surface area contributed by atoms with Crippen LogP contribution in [0.5, 0.6) is 0 Å². The van der Waals surface area contributed by atoms with E-state index in [9.17, 15) is 9.59 Å². The van der Waals surface area contributed by atoms with Crippen LogP contribution in [0.3, 0.4) is 0 Å². The summed E-state index contributed by atoms with van der Waals surface area (Å²) in [6, 6.07) is 7.37. The van der Waals surface area contributed by atoms with Gasteiger partial charge in [-0.1, -0.05) is 43.0 Å². The van der Waals surface area contributed by atoms with Crippen LogP contribution in [-0.4, -0.2) is 43.7 Å². The lowest BCUT2D eigenvalue weighted by Gasteiger charge is -2.14. The van der Waals surface area contributed by atoms with Gasteiger partial charge in [-0.2, -0.15) is 4.98 Å². The highest BCUT2D eigenvalue weighted by molar-refractivity contribution is 7.98. The number of ketones is 1. The Hall–Kier alpha value is -2.74. The largest absolute Gasteiger partial charge is 0.454 e. The first kappa shape index (κ1) is 21.0. The topological polar surface area (TPSA) is 86.5 Å². The van der Waals surface area contributed by atoms with Crippen molar-refractivity contribution in [1.82, 2.24) is 19.6 Å². The number of benzene rings is 1. The quantitative estimate of drug-likeness (QED) is 0.334. The molecule has 0 aliphatic rings. The number of aromatic nitrogens is 4. The maximum Gasteiger partial charge on any atom is 0.311 e. The van der Waals surface area contributed by atoms with Crippen LogP contribution in [0.2, 0.25) is 0 Å². The fourth-order valence-electron chi connectivity index (χ4n) is 3.11. The molecule has 3 rings (SSSR count). The van der Waals surface area contributed by atoms with E-state index in [-0.39, 0.29) is 12.2 Å². The van der Waals surface area contributed by atoms with Gasteiger partial charge in [-0.25, -0.2) is 9.50 Å². The molecule has 8 heteroatoms. The van der Waals surface area contributed by atoms with Crippen molar-refractivity contribution in [3.05, 3.63) is 52.3 Å². The van der Waals surface area contributed by atoms with Crippen molar-refractivity contribution in [1.29, 1.82) is 0 Å². The van der Waals surface area contributed by atoms with Gasteiger partial charge in [0.1, 0.15) is 0 Å². The van der Waals surface area contributed by atoms with Gasteiger partial charge in [-0.05, 0) is 39.0 Å².